The van der Waals surface area contributed by atoms with E-state index in [2.05, 4.69) is 0 Å². The van der Waals surface area contributed by atoms with Gasteiger partial charge in [0.25, 0.3) is 0 Å². The lowest BCUT2D eigenvalue weighted by Gasteiger charge is -2.38. The Balaban J connectivity index is 0.000000527. The fourth-order valence-electron chi connectivity index (χ4n) is 1.39. The number of carboxylic acids is 2. The van der Waals surface area contributed by atoms with Gasteiger partial charge in [0, 0.05) is 19.9 Å². The number of halogens is 3. The lowest BCUT2D eigenvalue weighted by atomic mass is 10.1. The van der Waals surface area contributed by atoms with Gasteiger partial charge in [-0.2, -0.15) is 4.39 Å². The maximum Gasteiger partial charge on any atom is 0.414 e. The molecular weight excluding hydrogens is 307 g/mol. The molecule has 1 aromatic carbocycles. The third-order valence-electron chi connectivity index (χ3n) is 2.48. The van der Waals surface area contributed by atoms with Gasteiger partial charge in [-0.05, 0) is 18.6 Å². The quantitative estimate of drug-likeness (QED) is 0.644. The number of nitrogens with zero attached hydrogens (tertiary/aromatic N) is 1. The first-order chi connectivity index (χ1) is 12.2. The lowest BCUT2D eigenvalue weighted by molar-refractivity contribution is -0.159. The summed E-state index contributed by atoms with van der Waals surface area (Å²) in [6, 6.07) is 1.34. The number of aliphatic carboxylic acids is 2. The molecule has 6 nitrogen and oxygen atoms in total. The van der Waals surface area contributed by atoms with E-state index in [9.17, 15) is 13.2 Å². The van der Waals surface area contributed by atoms with Gasteiger partial charge >= 0.3 is 11.9 Å². The van der Waals surface area contributed by atoms with Crippen molar-refractivity contribution in [3.8, 4) is 5.75 Å². The summed E-state index contributed by atoms with van der Waals surface area (Å²) in [4.78, 5) is 19.2. The largest absolute Gasteiger partial charge is 0.482 e. The van der Waals surface area contributed by atoms with Crippen molar-refractivity contribution in [1.29, 1.82) is 0 Å². The normalized spacial score (nSPS) is 19.1. The summed E-state index contributed by atoms with van der Waals surface area (Å²) in [5.74, 6) is -8.34. The van der Waals surface area contributed by atoms with Crippen molar-refractivity contribution in [2.75, 3.05) is 19.6 Å². The summed E-state index contributed by atoms with van der Waals surface area (Å²) in [6.45, 7) is -5.75. The maximum absolute atomic E-state index is 13.4. The minimum absolute atomic E-state index is 0.166. The van der Waals surface area contributed by atoms with Crippen LogP contribution in [-0.4, -0.2) is 52.7 Å². The van der Waals surface area contributed by atoms with Gasteiger partial charge in [-0.25, -0.2) is 18.4 Å². The molecule has 22 heavy (non-hydrogen) atoms. The van der Waals surface area contributed by atoms with Gasteiger partial charge in [-0.1, -0.05) is 6.85 Å². The number of carboxylic acid groups (broad SMARTS) is 2. The van der Waals surface area contributed by atoms with Crippen LogP contribution in [0.25, 0.3) is 0 Å². The van der Waals surface area contributed by atoms with Crippen LogP contribution in [-0.2, 0) is 9.59 Å². The average molecular weight is 326 g/mol. The Bertz CT molecular complexity index is 713. The van der Waals surface area contributed by atoms with E-state index in [1.807, 2.05) is 0 Å². The maximum atomic E-state index is 13.4. The summed E-state index contributed by atoms with van der Waals surface area (Å²) in [7, 11) is 0. The molecule has 0 aliphatic carbocycles. The number of hydrogen-bond donors (Lipinski definition) is 2. The number of likely N-dealkylation sites (N-methyl/N-ethyl adjacent to an activating group) is 1. The molecule has 0 radical (unpaired) electrons. The highest BCUT2D eigenvalue weighted by molar-refractivity contribution is 6.27. The van der Waals surface area contributed by atoms with Crippen LogP contribution in [0.2, 0.25) is 0 Å². The zero-order valence-corrected chi connectivity index (χ0v) is 10.8. The fourth-order valence-corrected chi connectivity index (χ4v) is 1.39. The number of rotatable bonds is 3. The third-order valence-corrected chi connectivity index (χ3v) is 2.48. The van der Waals surface area contributed by atoms with Gasteiger partial charge < -0.3 is 14.9 Å². The molecule has 1 aliphatic heterocycles. The second-order valence-corrected chi connectivity index (χ2v) is 4.04. The van der Waals surface area contributed by atoms with Crippen LogP contribution in [0.4, 0.5) is 13.2 Å². The summed E-state index contributed by atoms with van der Waals surface area (Å²) >= 11 is 0. The standard InChI is InChI=1S/C11H12F3NO.C2H2O4/c1-2-15-5-7(6-15)16-11-9(13)4-3-8(12)10(11)14;3-1(4)2(5)6/h3-4,7H,2,5-6H2,1H3;(H,3,4)(H,5,6)/i1D3,2D2;. The van der Waals surface area contributed by atoms with Crippen molar-refractivity contribution >= 4 is 11.9 Å². The number of benzene rings is 1. The number of ether oxygens (including phenoxy) is 1. The van der Waals surface area contributed by atoms with E-state index in [1.165, 1.54) is 0 Å². The fraction of sp³-hybridized carbons (Fsp3) is 0.385. The summed E-state index contributed by atoms with van der Waals surface area (Å²) < 4.78 is 80.9. The van der Waals surface area contributed by atoms with Crippen molar-refractivity contribution in [2.24, 2.45) is 0 Å². The van der Waals surface area contributed by atoms with E-state index in [4.69, 9.17) is 31.4 Å². The second kappa shape index (κ2) is 7.64. The van der Waals surface area contributed by atoms with Gasteiger partial charge in [0.1, 0.15) is 6.10 Å². The van der Waals surface area contributed by atoms with Gasteiger partial charge in [0.05, 0.1) is 0 Å². The highest BCUT2D eigenvalue weighted by Gasteiger charge is 2.29. The SMILES string of the molecule is O=C(O)C(=O)O.[2H]C([2H])([2H])C([2H])([2H])N1CC(Oc2c(F)ccc(F)c2F)C1. The monoisotopic (exact) mass is 326 g/mol. The van der Waals surface area contributed by atoms with Crippen LogP contribution >= 0.6 is 0 Å². The Morgan fingerprint density at radius 2 is 1.86 bits per heavy atom. The highest BCUT2D eigenvalue weighted by Crippen LogP contribution is 2.26. The van der Waals surface area contributed by atoms with Crippen LogP contribution in [0.3, 0.4) is 0 Å². The molecule has 0 spiro atoms. The second-order valence-electron chi connectivity index (χ2n) is 4.04. The highest BCUT2D eigenvalue weighted by atomic mass is 19.2. The van der Waals surface area contributed by atoms with Gasteiger partial charge in [0.2, 0.25) is 5.82 Å². The van der Waals surface area contributed by atoms with Crippen molar-refractivity contribution < 1.29 is 44.6 Å². The molecule has 1 aliphatic rings. The topological polar surface area (TPSA) is 87.1 Å². The Kier molecular flexibility index (Phi) is 3.93. The van der Waals surface area contributed by atoms with Crippen molar-refractivity contribution in [3.63, 3.8) is 0 Å². The van der Waals surface area contributed by atoms with E-state index in [0.717, 1.165) is 4.90 Å². The molecule has 0 amide bonds. The third kappa shape index (κ3) is 4.62. The van der Waals surface area contributed by atoms with E-state index in [0.29, 0.717) is 12.1 Å². The van der Waals surface area contributed by atoms with Crippen molar-refractivity contribution in [1.82, 2.24) is 4.90 Å². The molecule has 1 fully saturated rings. The average Bonchev–Trinajstić information content (AvgIpc) is 2.48. The molecule has 0 unspecified atom stereocenters. The Morgan fingerprint density at radius 3 is 2.36 bits per heavy atom. The molecule has 0 aromatic heterocycles. The molecular formula is C13H14F3NO5. The zero-order valence-electron chi connectivity index (χ0n) is 15.8. The molecule has 1 saturated heterocycles. The van der Waals surface area contributed by atoms with Crippen LogP contribution in [0.1, 0.15) is 13.7 Å². The minimum Gasteiger partial charge on any atom is -0.482 e. The Labute approximate surface area is 130 Å². The molecule has 1 aromatic rings. The van der Waals surface area contributed by atoms with Gasteiger partial charge in [-0.3, -0.25) is 4.90 Å². The molecule has 2 N–H and O–H groups in total. The van der Waals surface area contributed by atoms with E-state index in [-0.39, 0.29) is 13.1 Å². The number of hydrogen-bond acceptors (Lipinski definition) is 4. The minimum atomic E-state index is -2.85. The predicted octanol–water partition coefficient (Wildman–Crippen LogP) is 1.34. The number of likely N-dealkylation sites (tertiary alicyclic amines) is 1. The molecule has 0 bridgehead atoms. The molecule has 2 rings (SSSR count). The summed E-state index contributed by atoms with van der Waals surface area (Å²) in [5, 5.41) is 14.8. The van der Waals surface area contributed by atoms with E-state index >= 15 is 0 Å². The summed E-state index contributed by atoms with van der Waals surface area (Å²) in [6.07, 6.45) is -0.812. The van der Waals surface area contributed by atoms with Gasteiger partial charge in [0.15, 0.2) is 17.4 Å². The summed E-state index contributed by atoms with van der Waals surface area (Å²) in [5.41, 5.74) is 0. The molecule has 1 heterocycles. The number of carbonyl (C=O) groups is 2. The Morgan fingerprint density at radius 1 is 1.32 bits per heavy atom. The molecule has 9 heteroatoms. The van der Waals surface area contributed by atoms with Crippen LogP contribution < -0.4 is 4.74 Å². The van der Waals surface area contributed by atoms with Crippen LogP contribution in [0.5, 0.6) is 5.75 Å². The lowest BCUT2D eigenvalue weighted by Crippen LogP contribution is -2.53. The first-order valence-corrected chi connectivity index (χ1v) is 5.70. The van der Waals surface area contributed by atoms with Gasteiger partial charge in [-0.15, -0.1) is 0 Å². The van der Waals surface area contributed by atoms with Crippen LogP contribution in [0.15, 0.2) is 12.1 Å². The van der Waals surface area contributed by atoms with Crippen molar-refractivity contribution in [3.05, 3.63) is 29.6 Å². The molecule has 0 saturated carbocycles. The molecule has 0 atom stereocenters. The predicted molar refractivity (Wildman–Crippen MR) is 68.1 cm³/mol. The first-order valence-electron chi connectivity index (χ1n) is 8.20. The Hall–Kier alpha value is -2.29. The smallest absolute Gasteiger partial charge is 0.414 e. The van der Waals surface area contributed by atoms with Crippen molar-refractivity contribution in [2.45, 2.75) is 13.0 Å². The van der Waals surface area contributed by atoms with E-state index < -0.39 is 54.6 Å². The van der Waals surface area contributed by atoms with Crippen LogP contribution in [0, 0.1) is 17.5 Å². The van der Waals surface area contributed by atoms with E-state index in [1.54, 1.807) is 0 Å². The molecule has 122 valence electrons. The zero-order chi connectivity index (χ0) is 21.2. The first kappa shape index (κ1) is 11.3.